The van der Waals surface area contributed by atoms with Gasteiger partial charge in [-0.3, -0.25) is 4.79 Å². The monoisotopic (exact) mass is 266 g/mol. The third kappa shape index (κ3) is 1.95. The van der Waals surface area contributed by atoms with Crippen molar-refractivity contribution in [3.8, 4) is 0 Å². The Morgan fingerprint density at radius 2 is 1.95 bits per heavy atom. The minimum atomic E-state index is -0.125. The van der Waals surface area contributed by atoms with Crippen molar-refractivity contribution in [1.29, 1.82) is 0 Å². The molecule has 3 rings (SSSR count). The molecule has 0 spiro atoms. The standard InChI is InChI=1S/C17H18N2O/c1-11-5-3-6-12(9-11)10-14-13-7-4-8-15(18)16(13)19(2)17(14)20/h3-9,14H,10,18H2,1-2H3. The summed E-state index contributed by atoms with van der Waals surface area (Å²) in [6.45, 7) is 2.07. The SMILES string of the molecule is Cc1cccc(CC2C(=O)N(C)c3c(N)cccc32)c1. The van der Waals surface area contributed by atoms with Crippen molar-refractivity contribution in [1.82, 2.24) is 0 Å². The highest BCUT2D eigenvalue weighted by atomic mass is 16.2. The first-order valence-corrected chi connectivity index (χ1v) is 6.79. The van der Waals surface area contributed by atoms with Crippen molar-refractivity contribution in [2.75, 3.05) is 17.7 Å². The van der Waals surface area contributed by atoms with Gasteiger partial charge in [0.05, 0.1) is 17.3 Å². The van der Waals surface area contributed by atoms with Crippen LogP contribution in [-0.4, -0.2) is 13.0 Å². The van der Waals surface area contributed by atoms with Gasteiger partial charge in [0.25, 0.3) is 0 Å². The number of likely N-dealkylation sites (N-methyl/N-ethyl adjacent to an activating group) is 1. The summed E-state index contributed by atoms with van der Waals surface area (Å²) in [7, 11) is 1.80. The number of nitrogen functional groups attached to an aromatic ring is 1. The van der Waals surface area contributed by atoms with E-state index in [2.05, 4.69) is 25.1 Å². The number of carbonyl (C=O) groups excluding carboxylic acids is 1. The van der Waals surface area contributed by atoms with Crippen LogP contribution in [0.25, 0.3) is 0 Å². The Morgan fingerprint density at radius 1 is 1.20 bits per heavy atom. The Labute approximate surface area is 119 Å². The maximum Gasteiger partial charge on any atom is 0.234 e. The molecular weight excluding hydrogens is 248 g/mol. The molecular formula is C17H18N2O. The lowest BCUT2D eigenvalue weighted by atomic mass is 9.92. The number of para-hydroxylation sites is 1. The molecule has 1 aliphatic rings. The molecule has 0 aliphatic carbocycles. The fraction of sp³-hybridized carbons (Fsp3) is 0.235. The summed E-state index contributed by atoms with van der Waals surface area (Å²) < 4.78 is 0. The molecule has 1 aliphatic heterocycles. The normalized spacial score (nSPS) is 17.4. The minimum absolute atomic E-state index is 0.124. The summed E-state index contributed by atoms with van der Waals surface area (Å²) >= 11 is 0. The van der Waals surface area contributed by atoms with Gasteiger partial charge in [0.2, 0.25) is 5.91 Å². The van der Waals surface area contributed by atoms with Gasteiger partial charge in [-0.25, -0.2) is 0 Å². The van der Waals surface area contributed by atoms with Gasteiger partial charge in [0.1, 0.15) is 0 Å². The molecule has 0 saturated heterocycles. The third-order valence-electron chi connectivity index (χ3n) is 3.96. The molecule has 0 fully saturated rings. The first kappa shape index (κ1) is 12.7. The lowest BCUT2D eigenvalue weighted by molar-refractivity contribution is -0.119. The van der Waals surface area contributed by atoms with E-state index < -0.39 is 0 Å². The molecule has 3 heteroatoms. The third-order valence-corrected chi connectivity index (χ3v) is 3.96. The van der Waals surface area contributed by atoms with E-state index in [0.717, 1.165) is 17.7 Å². The maximum atomic E-state index is 12.5. The van der Waals surface area contributed by atoms with Crippen LogP contribution < -0.4 is 10.6 Å². The Kier molecular flexibility index (Phi) is 2.97. The zero-order chi connectivity index (χ0) is 14.3. The molecule has 0 aromatic heterocycles. The fourth-order valence-electron chi connectivity index (χ4n) is 3.00. The Bertz CT molecular complexity index is 678. The van der Waals surface area contributed by atoms with Gasteiger partial charge in [-0.1, -0.05) is 42.0 Å². The molecule has 1 heterocycles. The zero-order valence-corrected chi connectivity index (χ0v) is 11.8. The van der Waals surface area contributed by atoms with Gasteiger partial charge in [0, 0.05) is 7.05 Å². The summed E-state index contributed by atoms with van der Waals surface area (Å²) in [5.41, 5.74) is 11.0. The predicted octanol–water partition coefficient (Wildman–Crippen LogP) is 2.88. The van der Waals surface area contributed by atoms with Gasteiger partial charge < -0.3 is 10.6 Å². The number of aryl methyl sites for hydroxylation is 1. The molecule has 1 amide bonds. The molecule has 20 heavy (non-hydrogen) atoms. The van der Waals surface area contributed by atoms with Crippen molar-refractivity contribution < 1.29 is 4.79 Å². The zero-order valence-electron chi connectivity index (χ0n) is 11.8. The first-order chi connectivity index (χ1) is 9.58. The number of carbonyl (C=O) groups is 1. The van der Waals surface area contributed by atoms with Crippen LogP contribution in [0.15, 0.2) is 42.5 Å². The highest BCUT2D eigenvalue weighted by Gasteiger charge is 2.36. The van der Waals surface area contributed by atoms with E-state index in [1.165, 1.54) is 11.1 Å². The second kappa shape index (κ2) is 4.67. The molecule has 1 unspecified atom stereocenters. The molecule has 2 aromatic rings. The number of hydrogen-bond donors (Lipinski definition) is 1. The van der Waals surface area contributed by atoms with Gasteiger partial charge in [-0.2, -0.15) is 0 Å². The van der Waals surface area contributed by atoms with Crippen molar-refractivity contribution in [3.05, 3.63) is 59.2 Å². The number of anilines is 2. The average Bonchev–Trinajstić information content (AvgIpc) is 2.65. The van der Waals surface area contributed by atoms with Crippen LogP contribution in [0.5, 0.6) is 0 Å². The van der Waals surface area contributed by atoms with Crippen molar-refractivity contribution in [3.63, 3.8) is 0 Å². The van der Waals surface area contributed by atoms with E-state index in [4.69, 9.17) is 5.73 Å². The van der Waals surface area contributed by atoms with Crippen molar-refractivity contribution in [2.45, 2.75) is 19.3 Å². The van der Waals surface area contributed by atoms with E-state index in [9.17, 15) is 4.79 Å². The number of hydrogen-bond acceptors (Lipinski definition) is 2. The Morgan fingerprint density at radius 3 is 2.70 bits per heavy atom. The number of rotatable bonds is 2. The molecule has 0 saturated carbocycles. The Hall–Kier alpha value is -2.29. The van der Waals surface area contributed by atoms with Crippen LogP contribution in [0.3, 0.4) is 0 Å². The van der Waals surface area contributed by atoms with E-state index in [1.54, 1.807) is 11.9 Å². The highest BCUT2D eigenvalue weighted by Crippen LogP contribution is 2.41. The van der Waals surface area contributed by atoms with E-state index in [-0.39, 0.29) is 11.8 Å². The van der Waals surface area contributed by atoms with Crippen LogP contribution >= 0.6 is 0 Å². The van der Waals surface area contributed by atoms with Crippen LogP contribution in [0.1, 0.15) is 22.6 Å². The number of nitrogens with two attached hydrogens (primary N) is 1. The summed E-state index contributed by atoms with van der Waals surface area (Å²) in [6, 6.07) is 14.1. The second-order valence-electron chi connectivity index (χ2n) is 5.43. The molecule has 0 radical (unpaired) electrons. The highest BCUT2D eigenvalue weighted by molar-refractivity contribution is 6.07. The number of amides is 1. The smallest absolute Gasteiger partial charge is 0.234 e. The molecule has 102 valence electrons. The summed E-state index contributed by atoms with van der Waals surface area (Å²) in [5.74, 6) is -0.000272. The van der Waals surface area contributed by atoms with Crippen molar-refractivity contribution in [2.24, 2.45) is 0 Å². The minimum Gasteiger partial charge on any atom is -0.397 e. The van der Waals surface area contributed by atoms with E-state index in [0.29, 0.717) is 5.69 Å². The molecule has 1 atom stereocenters. The van der Waals surface area contributed by atoms with E-state index >= 15 is 0 Å². The average molecular weight is 266 g/mol. The number of benzene rings is 2. The molecule has 2 N–H and O–H groups in total. The first-order valence-electron chi connectivity index (χ1n) is 6.79. The van der Waals surface area contributed by atoms with Crippen LogP contribution in [-0.2, 0) is 11.2 Å². The molecule has 2 aromatic carbocycles. The fourth-order valence-corrected chi connectivity index (χ4v) is 3.00. The van der Waals surface area contributed by atoms with Gasteiger partial charge in [-0.05, 0) is 30.5 Å². The van der Waals surface area contributed by atoms with E-state index in [1.807, 2.05) is 24.3 Å². The second-order valence-corrected chi connectivity index (χ2v) is 5.43. The van der Waals surface area contributed by atoms with Gasteiger partial charge in [-0.15, -0.1) is 0 Å². The van der Waals surface area contributed by atoms with Crippen LogP contribution in [0.4, 0.5) is 11.4 Å². The van der Waals surface area contributed by atoms with Crippen LogP contribution in [0, 0.1) is 6.92 Å². The molecule has 3 nitrogen and oxygen atoms in total. The van der Waals surface area contributed by atoms with Crippen LogP contribution in [0.2, 0.25) is 0 Å². The molecule has 0 bridgehead atoms. The lowest BCUT2D eigenvalue weighted by Gasteiger charge is -2.12. The number of nitrogens with zero attached hydrogens (tertiary/aromatic N) is 1. The topological polar surface area (TPSA) is 46.3 Å². The van der Waals surface area contributed by atoms with Crippen molar-refractivity contribution >= 4 is 17.3 Å². The quantitative estimate of drug-likeness (QED) is 0.850. The van der Waals surface area contributed by atoms with Gasteiger partial charge in [0.15, 0.2) is 0 Å². The summed E-state index contributed by atoms with van der Waals surface area (Å²) in [4.78, 5) is 14.2. The predicted molar refractivity (Wildman–Crippen MR) is 81.9 cm³/mol. The maximum absolute atomic E-state index is 12.5. The number of fused-ring (bicyclic) bond motifs is 1. The lowest BCUT2D eigenvalue weighted by Crippen LogP contribution is -2.25. The largest absolute Gasteiger partial charge is 0.397 e. The Balaban J connectivity index is 2.00. The van der Waals surface area contributed by atoms with Gasteiger partial charge >= 0.3 is 0 Å². The summed E-state index contributed by atoms with van der Waals surface area (Å²) in [6.07, 6.45) is 0.724. The summed E-state index contributed by atoms with van der Waals surface area (Å²) in [5, 5.41) is 0.